The minimum Gasteiger partial charge on any atom is -0.490 e. The van der Waals surface area contributed by atoms with Crippen LogP contribution < -0.4 is 10.5 Å². The summed E-state index contributed by atoms with van der Waals surface area (Å²) in [5.41, 5.74) is 8.95. The maximum atomic E-state index is 15.7. The third-order valence-corrected chi connectivity index (χ3v) is 7.19. The Balaban J connectivity index is 1.61. The van der Waals surface area contributed by atoms with Crippen LogP contribution in [-0.4, -0.2) is 60.6 Å². The Morgan fingerprint density at radius 1 is 1.28 bits per heavy atom. The van der Waals surface area contributed by atoms with Crippen molar-refractivity contribution in [3.05, 3.63) is 70.4 Å². The van der Waals surface area contributed by atoms with E-state index in [2.05, 4.69) is 9.97 Å². The van der Waals surface area contributed by atoms with E-state index in [4.69, 9.17) is 27.1 Å². The van der Waals surface area contributed by atoms with E-state index in [0.717, 1.165) is 5.69 Å². The first-order valence-corrected chi connectivity index (χ1v) is 13.2. The van der Waals surface area contributed by atoms with Gasteiger partial charge < -0.3 is 20.5 Å². The first-order chi connectivity index (χ1) is 18.6. The highest BCUT2D eigenvalue weighted by atomic mass is 35.5. The molecule has 11 heteroatoms. The third-order valence-electron chi connectivity index (χ3n) is 6.91. The van der Waals surface area contributed by atoms with Gasteiger partial charge in [0.25, 0.3) is 5.91 Å². The normalized spacial score (nSPS) is 16.3. The number of nitrogens with zero attached hydrogens (tertiary/aromatic N) is 5. The van der Waals surface area contributed by atoms with E-state index < -0.39 is 11.9 Å². The number of β-amino-alcohol motifs (C(OH)–C–C–N with tert-alkyl or cyclic N) is 1. The number of benzene rings is 1. The second kappa shape index (κ2) is 10.4. The minimum absolute atomic E-state index is 0.0760. The van der Waals surface area contributed by atoms with Crippen LogP contribution in [0.15, 0.2) is 36.8 Å². The predicted octanol–water partition coefficient (Wildman–Crippen LogP) is 4.62. The molecule has 0 saturated carbocycles. The van der Waals surface area contributed by atoms with Crippen molar-refractivity contribution in [2.75, 3.05) is 18.8 Å². The summed E-state index contributed by atoms with van der Waals surface area (Å²) >= 11 is 6.45. The molecule has 1 aromatic carbocycles. The smallest absolute Gasteiger partial charge is 0.272 e. The van der Waals surface area contributed by atoms with Crippen LogP contribution in [0.2, 0.25) is 5.02 Å². The average molecular weight is 553 g/mol. The van der Waals surface area contributed by atoms with Gasteiger partial charge in [-0.05, 0) is 39.3 Å². The van der Waals surface area contributed by atoms with Crippen molar-refractivity contribution in [2.45, 2.75) is 52.2 Å². The molecule has 1 aliphatic rings. The Morgan fingerprint density at radius 2 is 2.05 bits per heavy atom. The molecule has 1 unspecified atom stereocenters. The number of nitrogen functional groups attached to an aromatic ring is 1. The second-order valence-corrected chi connectivity index (χ2v) is 10.5. The van der Waals surface area contributed by atoms with E-state index in [1.165, 1.54) is 6.20 Å². The van der Waals surface area contributed by atoms with Crippen LogP contribution in [-0.2, 0) is 0 Å². The number of carbonyl (C=O) groups excluding carboxylic acids is 1. The Morgan fingerprint density at radius 3 is 2.69 bits per heavy atom. The molecule has 9 nitrogen and oxygen atoms in total. The van der Waals surface area contributed by atoms with Crippen molar-refractivity contribution >= 4 is 28.8 Å². The van der Waals surface area contributed by atoms with Crippen molar-refractivity contribution in [3.8, 4) is 16.9 Å². The van der Waals surface area contributed by atoms with Gasteiger partial charge in [0, 0.05) is 48.7 Å². The Bertz CT molecular complexity index is 1560. The Kier molecular flexibility index (Phi) is 7.17. The van der Waals surface area contributed by atoms with Crippen LogP contribution in [0.4, 0.5) is 10.2 Å². The van der Waals surface area contributed by atoms with Gasteiger partial charge in [-0.2, -0.15) is 0 Å². The fraction of sp³-hybridized carbons (Fsp3) is 0.357. The lowest BCUT2D eigenvalue weighted by Gasteiger charge is -2.23. The number of nitrogens with two attached hydrogens (primary N) is 1. The van der Waals surface area contributed by atoms with Crippen molar-refractivity contribution in [3.63, 3.8) is 0 Å². The van der Waals surface area contributed by atoms with Gasteiger partial charge in [0.15, 0.2) is 5.82 Å². The molecule has 2 atom stereocenters. The zero-order valence-electron chi connectivity index (χ0n) is 22.2. The highest BCUT2D eigenvalue weighted by molar-refractivity contribution is 6.31. The van der Waals surface area contributed by atoms with Crippen LogP contribution in [0.5, 0.6) is 5.75 Å². The van der Waals surface area contributed by atoms with Crippen molar-refractivity contribution < 1.29 is 19.0 Å². The molecule has 4 heterocycles. The number of halogens is 2. The number of hydrogen-bond acceptors (Lipinski definition) is 7. The summed E-state index contributed by atoms with van der Waals surface area (Å²) in [6, 6.07) is 4.74. The summed E-state index contributed by atoms with van der Waals surface area (Å²) < 4.78 is 23.8. The summed E-state index contributed by atoms with van der Waals surface area (Å²) in [6.07, 6.45) is 4.55. The summed E-state index contributed by atoms with van der Waals surface area (Å²) in [5, 5.41) is 9.70. The van der Waals surface area contributed by atoms with Crippen molar-refractivity contribution in [2.24, 2.45) is 0 Å². The molecule has 3 aromatic heterocycles. The number of aliphatic hydroxyl groups is 1. The van der Waals surface area contributed by atoms with Crippen LogP contribution in [0.25, 0.3) is 16.6 Å². The number of ether oxygens (including phenoxy) is 1. The SMILES string of the molecule is Cc1nc(C(C)c2cc(Cl)c(F)c(-c3ccc(C(=O)N4CC[C@@H](O)C4)nc3)c2OC(C)C)n2ccnc(N)c12. The Labute approximate surface area is 230 Å². The van der Waals surface area contributed by atoms with Gasteiger partial charge >= 0.3 is 0 Å². The molecule has 4 aromatic rings. The third kappa shape index (κ3) is 4.90. The number of imidazole rings is 1. The van der Waals surface area contributed by atoms with Gasteiger partial charge in [0.1, 0.15) is 28.6 Å². The summed E-state index contributed by atoms with van der Waals surface area (Å²) in [5.74, 6) is 0.0537. The monoisotopic (exact) mass is 552 g/mol. The number of carbonyl (C=O) groups is 1. The standard InChI is InChI=1S/C28H30ClFN6O3/c1-14(2)39-25-19(15(3)27-34-16(4)24-26(31)32-8-10-36(24)27)11-20(29)23(30)22(25)17-5-6-21(33-12-17)28(38)35-9-7-18(37)13-35/h5-6,8,10-12,14-15,18,37H,7,9,13H2,1-4H3,(H2,31,32)/t15?,18-/m1/s1. The molecule has 1 aliphatic heterocycles. The number of hydrogen-bond donors (Lipinski definition) is 2. The first-order valence-electron chi connectivity index (χ1n) is 12.8. The number of aromatic nitrogens is 4. The molecular weight excluding hydrogens is 523 g/mol. The van der Waals surface area contributed by atoms with Crippen LogP contribution >= 0.6 is 11.6 Å². The fourth-order valence-electron chi connectivity index (χ4n) is 5.04. The molecule has 1 fully saturated rings. The summed E-state index contributed by atoms with van der Waals surface area (Å²) in [7, 11) is 0. The maximum absolute atomic E-state index is 15.7. The van der Waals surface area contributed by atoms with E-state index in [-0.39, 0.29) is 40.8 Å². The molecule has 39 heavy (non-hydrogen) atoms. The van der Waals surface area contributed by atoms with Crippen LogP contribution in [0.3, 0.4) is 0 Å². The summed E-state index contributed by atoms with van der Waals surface area (Å²) in [6.45, 7) is 8.24. The van der Waals surface area contributed by atoms with Gasteiger partial charge in [0.05, 0.1) is 28.5 Å². The van der Waals surface area contributed by atoms with E-state index in [1.54, 1.807) is 35.5 Å². The number of pyridine rings is 1. The number of fused-ring (bicyclic) bond motifs is 1. The van der Waals surface area contributed by atoms with Crippen molar-refractivity contribution in [1.82, 2.24) is 24.3 Å². The van der Waals surface area contributed by atoms with E-state index in [0.29, 0.717) is 47.0 Å². The van der Waals surface area contributed by atoms with Crippen molar-refractivity contribution in [1.29, 1.82) is 0 Å². The lowest BCUT2D eigenvalue weighted by atomic mass is 9.93. The number of aryl methyl sites for hydroxylation is 1. The predicted molar refractivity (Wildman–Crippen MR) is 147 cm³/mol. The Hall–Kier alpha value is -3.76. The molecule has 0 aliphatic carbocycles. The summed E-state index contributed by atoms with van der Waals surface area (Å²) in [4.78, 5) is 27.6. The zero-order valence-corrected chi connectivity index (χ0v) is 22.9. The topological polar surface area (TPSA) is 119 Å². The molecule has 3 N–H and O–H groups in total. The molecule has 1 saturated heterocycles. The maximum Gasteiger partial charge on any atom is 0.272 e. The minimum atomic E-state index is -0.649. The van der Waals surface area contributed by atoms with Gasteiger partial charge in [0.2, 0.25) is 0 Å². The van der Waals surface area contributed by atoms with Crippen LogP contribution in [0, 0.1) is 12.7 Å². The number of aliphatic hydroxyl groups excluding tert-OH is 1. The van der Waals surface area contributed by atoms with Gasteiger partial charge in [-0.1, -0.05) is 24.6 Å². The average Bonchev–Trinajstić information content (AvgIpc) is 3.49. The van der Waals surface area contributed by atoms with Gasteiger partial charge in [-0.3, -0.25) is 14.2 Å². The van der Waals surface area contributed by atoms with Gasteiger partial charge in [-0.25, -0.2) is 14.4 Å². The molecule has 0 spiro atoms. The highest BCUT2D eigenvalue weighted by Crippen LogP contribution is 2.44. The lowest BCUT2D eigenvalue weighted by molar-refractivity contribution is 0.0759. The number of likely N-dealkylation sites (tertiary alicyclic amines) is 1. The molecular formula is C28H30ClFN6O3. The largest absolute Gasteiger partial charge is 0.490 e. The fourth-order valence-corrected chi connectivity index (χ4v) is 5.25. The number of rotatable bonds is 6. The van der Waals surface area contributed by atoms with E-state index in [9.17, 15) is 9.90 Å². The van der Waals surface area contributed by atoms with Gasteiger partial charge in [-0.15, -0.1) is 0 Å². The number of amides is 1. The zero-order chi connectivity index (χ0) is 28.0. The second-order valence-electron chi connectivity index (χ2n) is 10.1. The first kappa shape index (κ1) is 26.8. The number of anilines is 1. The molecule has 0 radical (unpaired) electrons. The van der Waals surface area contributed by atoms with E-state index >= 15 is 4.39 Å². The molecule has 5 rings (SSSR count). The molecule has 204 valence electrons. The van der Waals surface area contributed by atoms with Crippen LogP contribution in [0.1, 0.15) is 60.7 Å². The quantitative estimate of drug-likeness (QED) is 0.358. The molecule has 1 amide bonds. The molecule has 0 bridgehead atoms. The highest BCUT2D eigenvalue weighted by Gasteiger charge is 2.29. The lowest BCUT2D eigenvalue weighted by Crippen LogP contribution is -2.30. The van der Waals surface area contributed by atoms with E-state index in [1.807, 2.05) is 32.1 Å².